The summed E-state index contributed by atoms with van der Waals surface area (Å²) in [6.07, 6.45) is 1.60. The average molecular weight is 325 g/mol. The maximum atomic E-state index is 12.5. The van der Waals surface area contributed by atoms with Gasteiger partial charge < -0.3 is 14.8 Å². The number of hydrogen-bond donors (Lipinski definition) is 1. The third kappa shape index (κ3) is 2.66. The number of carbonyl (C=O) groups excluding carboxylic acids is 1. The molecule has 24 heavy (non-hydrogen) atoms. The zero-order valence-corrected chi connectivity index (χ0v) is 13.5. The van der Waals surface area contributed by atoms with E-state index in [1.807, 2.05) is 17.9 Å². The molecule has 0 radical (unpaired) electrons. The topological polar surface area (TPSA) is 82.2 Å². The van der Waals surface area contributed by atoms with Crippen molar-refractivity contribution in [3.05, 3.63) is 52.3 Å². The molecule has 1 amide bonds. The summed E-state index contributed by atoms with van der Waals surface area (Å²) < 4.78 is 0. The number of aromatic nitrogens is 3. The molecule has 2 aromatic rings. The molecule has 0 bridgehead atoms. The molecule has 2 aliphatic rings. The normalized spacial score (nSPS) is 22.7. The van der Waals surface area contributed by atoms with Crippen molar-refractivity contribution in [3.8, 4) is 0 Å². The van der Waals surface area contributed by atoms with Gasteiger partial charge in [0.15, 0.2) is 0 Å². The van der Waals surface area contributed by atoms with Gasteiger partial charge >= 0.3 is 0 Å². The number of aromatic amines is 1. The summed E-state index contributed by atoms with van der Waals surface area (Å²) in [6.45, 7) is 5.21. The molecule has 0 spiro atoms. The minimum Gasteiger partial charge on any atom is -0.356 e. The maximum Gasteiger partial charge on any atom is 0.270 e. The van der Waals surface area contributed by atoms with Crippen molar-refractivity contribution in [1.29, 1.82) is 0 Å². The minimum absolute atomic E-state index is 0.0912. The van der Waals surface area contributed by atoms with Gasteiger partial charge in [-0.1, -0.05) is 6.07 Å². The molecule has 7 nitrogen and oxygen atoms in total. The van der Waals surface area contributed by atoms with Crippen LogP contribution in [0.1, 0.15) is 16.2 Å². The Balaban J connectivity index is 1.44. The van der Waals surface area contributed by atoms with E-state index in [4.69, 9.17) is 0 Å². The Labute approximate surface area is 139 Å². The van der Waals surface area contributed by atoms with Crippen molar-refractivity contribution >= 4 is 11.7 Å². The molecular formula is C17H19N5O2. The van der Waals surface area contributed by atoms with E-state index in [0.717, 1.165) is 37.7 Å². The zero-order valence-electron chi connectivity index (χ0n) is 13.5. The molecule has 2 unspecified atom stereocenters. The molecule has 2 atom stereocenters. The van der Waals surface area contributed by atoms with E-state index in [-0.39, 0.29) is 11.5 Å². The third-order valence-electron chi connectivity index (χ3n) is 4.89. The number of fused-ring (bicyclic) bond motifs is 1. The fourth-order valence-corrected chi connectivity index (χ4v) is 3.70. The molecule has 2 fully saturated rings. The van der Waals surface area contributed by atoms with Crippen LogP contribution in [0.2, 0.25) is 0 Å². The van der Waals surface area contributed by atoms with Gasteiger partial charge in [0.25, 0.3) is 5.91 Å². The lowest BCUT2D eigenvalue weighted by atomic mass is 10.0. The largest absolute Gasteiger partial charge is 0.356 e. The number of nitrogens with zero attached hydrogens (tertiary/aromatic N) is 4. The molecule has 0 saturated carbocycles. The van der Waals surface area contributed by atoms with Crippen LogP contribution in [-0.4, -0.2) is 51.9 Å². The summed E-state index contributed by atoms with van der Waals surface area (Å²) in [5.41, 5.74) is 1.08. The molecule has 2 saturated heterocycles. The molecule has 0 aliphatic carbocycles. The van der Waals surface area contributed by atoms with Crippen molar-refractivity contribution in [1.82, 2.24) is 19.9 Å². The molecule has 2 aliphatic heterocycles. The molecule has 1 N–H and O–H groups in total. The van der Waals surface area contributed by atoms with Crippen LogP contribution < -0.4 is 10.5 Å². The highest BCUT2D eigenvalue weighted by molar-refractivity contribution is 5.92. The van der Waals surface area contributed by atoms with E-state index in [9.17, 15) is 9.59 Å². The predicted octanol–water partition coefficient (Wildman–Crippen LogP) is 0.682. The highest BCUT2D eigenvalue weighted by Crippen LogP contribution is 2.33. The summed E-state index contributed by atoms with van der Waals surface area (Å²) in [5.74, 6) is 1.76. The van der Waals surface area contributed by atoms with Gasteiger partial charge in [0.05, 0.1) is 0 Å². The highest BCUT2D eigenvalue weighted by Gasteiger charge is 2.42. The predicted molar refractivity (Wildman–Crippen MR) is 88.9 cm³/mol. The summed E-state index contributed by atoms with van der Waals surface area (Å²) in [7, 11) is 0. The van der Waals surface area contributed by atoms with Crippen molar-refractivity contribution in [2.45, 2.75) is 6.92 Å². The summed E-state index contributed by atoms with van der Waals surface area (Å²) in [4.78, 5) is 39.2. The standard InChI is InChI=1S/C17H19N5O2/c1-11-5-15(19-10-18-11)21-6-12-8-22(9-13(12)7-21)17(24)14-3-2-4-16(23)20-14/h2-5,10,12-13H,6-9H2,1H3,(H,20,23). The monoisotopic (exact) mass is 325 g/mol. The first-order chi connectivity index (χ1) is 11.6. The number of H-pyrrole nitrogens is 1. The van der Waals surface area contributed by atoms with Gasteiger partial charge in [0.1, 0.15) is 17.8 Å². The highest BCUT2D eigenvalue weighted by atomic mass is 16.2. The Morgan fingerprint density at radius 3 is 2.58 bits per heavy atom. The Morgan fingerprint density at radius 2 is 1.92 bits per heavy atom. The van der Waals surface area contributed by atoms with Gasteiger partial charge in [-0.05, 0) is 13.0 Å². The number of nitrogens with one attached hydrogen (secondary N) is 1. The molecule has 124 valence electrons. The lowest BCUT2D eigenvalue weighted by molar-refractivity contribution is 0.0776. The number of pyridine rings is 1. The van der Waals surface area contributed by atoms with Crippen molar-refractivity contribution in [2.24, 2.45) is 11.8 Å². The van der Waals surface area contributed by atoms with Gasteiger partial charge in [-0.2, -0.15) is 0 Å². The van der Waals surface area contributed by atoms with Gasteiger partial charge in [-0.3, -0.25) is 9.59 Å². The van der Waals surface area contributed by atoms with Crippen LogP contribution in [-0.2, 0) is 0 Å². The molecule has 7 heteroatoms. The number of anilines is 1. The van der Waals surface area contributed by atoms with Crippen LogP contribution in [0.3, 0.4) is 0 Å². The Hall–Kier alpha value is -2.70. The SMILES string of the molecule is Cc1cc(N2CC3CN(C(=O)c4cccc(=O)[nH]4)CC3C2)ncn1. The average Bonchev–Trinajstić information content (AvgIpc) is 3.13. The van der Waals surface area contributed by atoms with E-state index >= 15 is 0 Å². The third-order valence-corrected chi connectivity index (χ3v) is 4.89. The number of carbonyl (C=O) groups is 1. The summed E-state index contributed by atoms with van der Waals surface area (Å²) in [6, 6.07) is 6.69. The number of likely N-dealkylation sites (tertiary alicyclic amines) is 1. The Bertz CT molecular complexity index is 819. The molecule has 4 heterocycles. The summed E-state index contributed by atoms with van der Waals surface area (Å²) in [5, 5.41) is 0. The quantitative estimate of drug-likeness (QED) is 0.878. The first-order valence-corrected chi connectivity index (χ1v) is 8.12. The number of amides is 1. The van der Waals surface area contributed by atoms with Crippen LogP contribution in [0.5, 0.6) is 0 Å². The lowest BCUT2D eigenvalue weighted by Gasteiger charge is -2.22. The van der Waals surface area contributed by atoms with Gasteiger partial charge in [-0.15, -0.1) is 0 Å². The van der Waals surface area contributed by atoms with Crippen LogP contribution >= 0.6 is 0 Å². The van der Waals surface area contributed by atoms with Crippen LogP contribution in [0.4, 0.5) is 5.82 Å². The summed E-state index contributed by atoms with van der Waals surface area (Å²) >= 11 is 0. The van der Waals surface area contributed by atoms with Gasteiger partial charge in [-0.25, -0.2) is 9.97 Å². The fraction of sp³-hybridized carbons (Fsp3) is 0.412. The maximum absolute atomic E-state index is 12.5. The smallest absolute Gasteiger partial charge is 0.270 e. The van der Waals surface area contributed by atoms with Gasteiger partial charge in [0.2, 0.25) is 5.56 Å². The second-order valence-electron chi connectivity index (χ2n) is 6.58. The number of aryl methyl sites for hydroxylation is 1. The van der Waals surface area contributed by atoms with E-state index in [2.05, 4.69) is 19.9 Å². The van der Waals surface area contributed by atoms with E-state index in [1.165, 1.54) is 6.07 Å². The van der Waals surface area contributed by atoms with Crippen LogP contribution in [0, 0.1) is 18.8 Å². The number of hydrogen-bond acceptors (Lipinski definition) is 5. The lowest BCUT2D eigenvalue weighted by Crippen LogP contribution is -2.34. The molecular weight excluding hydrogens is 306 g/mol. The minimum atomic E-state index is -0.245. The Morgan fingerprint density at radius 1 is 1.17 bits per heavy atom. The van der Waals surface area contributed by atoms with Gasteiger partial charge in [0, 0.05) is 55.8 Å². The second-order valence-corrected chi connectivity index (χ2v) is 6.58. The first kappa shape index (κ1) is 14.9. The van der Waals surface area contributed by atoms with Crippen LogP contribution in [0.25, 0.3) is 0 Å². The van der Waals surface area contributed by atoms with E-state index < -0.39 is 0 Å². The van der Waals surface area contributed by atoms with Crippen molar-refractivity contribution in [3.63, 3.8) is 0 Å². The second kappa shape index (κ2) is 5.74. The molecule has 0 aromatic carbocycles. The fourth-order valence-electron chi connectivity index (χ4n) is 3.70. The zero-order chi connectivity index (χ0) is 16.7. The number of rotatable bonds is 2. The van der Waals surface area contributed by atoms with Crippen molar-refractivity contribution < 1.29 is 4.79 Å². The molecule has 4 rings (SSSR count). The van der Waals surface area contributed by atoms with Crippen molar-refractivity contribution in [2.75, 3.05) is 31.1 Å². The van der Waals surface area contributed by atoms with E-state index in [0.29, 0.717) is 17.5 Å². The first-order valence-electron chi connectivity index (χ1n) is 8.12. The molecule has 2 aromatic heterocycles. The Kier molecular flexibility index (Phi) is 3.55. The van der Waals surface area contributed by atoms with Crippen LogP contribution in [0.15, 0.2) is 35.4 Å². The van der Waals surface area contributed by atoms with E-state index in [1.54, 1.807) is 18.5 Å².